The highest BCUT2D eigenvalue weighted by Crippen LogP contribution is 2.31. The van der Waals surface area contributed by atoms with E-state index in [1.54, 1.807) is 26.0 Å². The number of phenols is 1. The van der Waals surface area contributed by atoms with Gasteiger partial charge in [0.25, 0.3) is 0 Å². The van der Waals surface area contributed by atoms with Crippen molar-refractivity contribution in [1.82, 2.24) is 4.98 Å². The van der Waals surface area contributed by atoms with Crippen molar-refractivity contribution in [1.29, 1.82) is 0 Å². The molecule has 1 aromatic heterocycles. The van der Waals surface area contributed by atoms with Crippen LogP contribution in [-0.4, -0.2) is 22.7 Å². The highest BCUT2D eigenvalue weighted by Gasteiger charge is 2.17. The molecule has 2 rings (SSSR count). The van der Waals surface area contributed by atoms with Crippen LogP contribution in [0.5, 0.6) is 5.75 Å². The number of thiazole rings is 1. The maximum atomic E-state index is 11.7. The molecule has 0 aliphatic heterocycles. The largest absolute Gasteiger partial charge is 0.508 e. The van der Waals surface area contributed by atoms with Crippen LogP contribution in [-0.2, 0) is 4.74 Å². The van der Waals surface area contributed by atoms with Gasteiger partial charge < -0.3 is 9.84 Å². The van der Waals surface area contributed by atoms with Gasteiger partial charge in [-0.25, -0.2) is 9.78 Å². The lowest BCUT2D eigenvalue weighted by Crippen LogP contribution is -2.03. The predicted molar refractivity (Wildman–Crippen MR) is 74.6 cm³/mol. The Hall–Kier alpha value is -1.88. The third-order valence-corrected chi connectivity index (χ3v) is 3.89. The summed E-state index contributed by atoms with van der Waals surface area (Å²) in [5, 5.41) is 10.3. The molecule has 0 radical (unpaired) electrons. The SMILES string of the molecule is CCOC(=O)c1sc(-c2ccc(O)c(C)c2)nc1C. The van der Waals surface area contributed by atoms with Gasteiger partial charge >= 0.3 is 5.97 Å². The van der Waals surface area contributed by atoms with E-state index in [1.807, 2.05) is 13.0 Å². The van der Waals surface area contributed by atoms with Crippen molar-refractivity contribution < 1.29 is 14.6 Å². The van der Waals surface area contributed by atoms with Crippen molar-refractivity contribution in [3.8, 4) is 16.3 Å². The molecule has 5 heteroatoms. The molecule has 2 aromatic rings. The molecular weight excluding hydrogens is 262 g/mol. The minimum atomic E-state index is -0.334. The number of carbonyl (C=O) groups is 1. The van der Waals surface area contributed by atoms with Crippen molar-refractivity contribution in [2.75, 3.05) is 6.61 Å². The first-order valence-corrected chi connectivity index (χ1v) is 6.79. The van der Waals surface area contributed by atoms with Gasteiger partial charge in [0.05, 0.1) is 12.3 Å². The van der Waals surface area contributed by atoms with Gasteiger partial charge in [0, 0.05) is 5.56 Å². The smallest absolute Gasteiger partial charge is 0.350 e. The summed E-state index contributed by atoms with van der Waals surface area (Å²) in [7, 11) is 0. The fraction of sp³-hybridized carbons (Fsp3) is 0.286. The van der Waals surface area contributed by atoms with Crippen molar-refractivity contribution in [3.63, 3.8) is 0 Å². The molecule has 0 unspecified atom stereocenters. The van der Waals surface area contributed by atoms with Gasteiger partial charge in [0.1, 0.15) is 15.6 Å². The second-order valence-electron chi connectivity index (χ2n) is 4.16. The number of nitrogens with zero attached hydrogens (tertiary/aromatic N) is 1. The first kappa shape index (κ1) is 13.5. The minimum Gasteiger partial charge on any atom is -0.508 e. The van der Waals surface area contributed by atoms with Gasteiger partial charge in [-0.1, -0.05) is 0 Å². The average molecular weight is 277 g/mol. The zero-order valence-electron chi connectivity index (χ0n) is 11.1. The van der Waals surface area contributed by atoms with Crippen LogP contribution >= 0.6 is 11.3 Å². The summed E-state index contributed by atoms with van der Waals surface area (Å²) in [4.78, 5) is 16.7. The van der Waals surface area contributed by atoms with Gasteiger partial charge in [0.15, 0.2) is 0 Å². The molecule has 0 saturated carbocycles. The molecule has 1 aromatic carbocycles. The molecule has 0 aliphatic carbocycles. The molecule has 0 bridgehead atoms. The third kappa shape index (κ3) is 2.76. The van der Waals surface area contributed by atoms with Crippen molar-refractivity contribution in [2.24, 2.45) is 0 Å². The van der Waals surface area contributed by atoms with Crippen LogP contribution in [0.15, 0.2) is 18.2 Å². The molecule has 100 valence electrons. The molecule has 0 aliphatic rings. The first-order valence-electron chi connectivity index (χ1n) is 5.97. The number of rotatable bonds is 3. The van der Waals surface area contributed by atoms with Crippen LogP contribution < -0.4 is 0 Å². The summed E-state index contributed by atoms with van der Waals surface area (Å²) in [6, 6.07) is 5.27. The standard InChI is InChI=1S/C14H15NO3S/c1-4-18-14(17)12-9(3)15-13(19-12)10-5-6-11(16)8(2)7-10/h5-7,16H,4H2,1-3H3. The number of aromatic hydroxyl groups is 1. The average Bonchev–Trinajstić information content (AvgIpc) is 2.75. The van der Waals surface area contributed by atoms with Gasteiger partial charge in [0.2, 0.25) is 0 Å². The lowest BCUT2D eigenvalue weighted by atomic mass is 10.1. The predicted octanol–water partition coefficient (Wildman–Crippen LogP) is 3.31. The summed E-state index contributed by atoms with van der Waals surface area (Å²) in [5.41, 5.74) is 2.34. The second-order valence-corrected chi connectivity index (χ2v) is 5.15. The topological polar surface area (TPSA) is 59.4 Å². The van der Waals surface area contributed by atoms with Crippen molar-refractivity contribution >= 4 is 17.3 Å². The number of aromatic nitrogens is 1. The van der Waals surface area contributed by atoms with E-state index in [1.165, 1.54) is 11.3 Å². The van der Waals surface area contributed by atoms with Crippen molar-refractivity contribution in [2.45, 2.75) is 20.8 Å². The van der Waals surface area contributed by atoms with Crippen LogP contribution in [0, 0.1) is 13.8 Å². The summed E-state index contributed by atoms with van der Waals surface area (Å²) >= 11 is 1.31. The molecule has 1 heterocycles. The zero-order valence-corrected chi connectivity index (χ0v) is 11.9. The third-order valence-electron chi connectivity index (χ3n) is 2.70. The number of hydrogen-bond acceptors (Lipinski definition) is 5. The molecule has 1 N–H and O–H groups in total. The number of esters is 1. The van der Waals surface area contributed by atoms with E-state index >= 15 is 0 Å². The maximum Gasteiger partial charge on any atom is 0.350 e. The Balaban J connectivity index is 2.38. The van der Waals surface area contributed by atoms with E-state index in [0.29, 0.717) is 17.2 Å². The van der Waals surface area contributed by atoms with Crippen molar-refractivity contribution in [3.05, 3.63) is 34.3 Å². The monoisotopic (exact) mass is 277 g/mol. The summed E-state index contributed by atoms with van der Waals surface area (Å²) in [6.07, 6.45) is 0. The summed E-state index contributed by atoms with van der Waals surface area (Å²) in [5.74, 6) is -0.0816. The number of benzene rings is 1. The summed E-state index contributed by atoms with van der Waals surface area (Å²) < 4.78 is 4.99. The lowest BCUT2D eigenvalue weighted by molar-refractivity contribution is 0.0531. The fourth-order valence-electron chi connectivity index (χ4n) is 1.69. The Morgan fingerprint density at radius 3 is 2.79 bits per heavy atom. The molecule has 0 fully saturated rings. The zero-order chi connectivity index (χ0) is 14.0. The van der Waals surface area contributed by atoms with E-state index in [4.69, 9.17) is 4.74 Å². The number of aryl methyl sites for hydroxylation is 2. The fourth-order valence-corrected chi connectivity index (χ4v) is 2.65. The Bertz CT molecular complexity index is 619. The number of carbonyl (C=O) groups excluding carboxylic acids is 1. The summed E-state index contributed by atoms with van der Waals surface area (Å²) in [6.45, 7) is 5.74. The Morgan fingerprint density at radius 2 is 2.16 bits per heavy atom. The van der Waals surface area contributed by atoms with E-state index in [0.717, 1.165) is 16.1 Å². The van der Waals surface area contributed by atoms with Gasteiger partial charge in [-0.05, 0) is 44.5 Å². The van der Waals surface area contributed by atoms with E-state index in [-0.39, 0.29) is 11.7 Å². The second kappa shape index (κ2) is 5.40. The molecule has 19 heavy (non-hydrogen) atoms. The van der Waals surface area contributed by atoms with Crippen LogP contribution in [0.4, 0.5) is 0 Å². The number of phenolic OH excluding ortho intramolecular Hbond substituents is 1. The van der Waals surface area contributed by atoms with Gasteiger partial charge in [-0.15, -0.1) is 11.3 Å². The van der Waals surface area contributed by atoms with Gasteiger partial charge in [-0.2, -0.15) is 0 Å². The first-order chi connectivity index (χ1) is 9.02. The minimum absolute atomic E-state index is 0.252. The Morgan fingerprint density at radius 1 is 1.42 bits per heavy atom. The molecule has 4 nitrogen and oxygen atoms in total. The highest BCUT2D eigenvalue weighted by atomic mass is 32.1. The van der Waals surface area contributed by atoms with Crippen LogP contribution in [0.3, 0.4) is 0 Å². The highest BCUT2D eigenvalue weighted by molar-refractivity contribution is 7.17. The molecule has 0 amide bonds. The van der Waals surface area contributed by atoms with Gasteiger partial charge in [-0.3, -0.25) is 0 Å². The molecule has 0 atom stereocenters. The Labute approximate surface area is 115 Å². The Kier molecular flexibility index (Phi) is 3.85. The van der Waals surface area contributed by atoms with E-state index in [2.05, 4.69) is 4.98 Å². The van der Waals surface area contributed by atoms with Crippen LogP contribution in [0.25, 0.3) is 10.6 Å². The van der Waals surface area contributed by atoms with Crippen LogP contribution in [0.1, 0.15) is 27.9 Å². The molecular formula is C14H15NO3S. The van der Waals surface area contributed by atoms with Crippen LogP contribution in [0.2, 0.25) is 0 Å². The van der Waals surface area contributed by atoms with E-state index in [9.17, 15) is 9.90 Å². The molecule has 0 saturated heterocycles. The maximum absolute atomic E-state index is 11.7. The molecule has 0 spiro atoms. The van der Waals surface area contributed by atoms with E-state index < -0.39 is 0 Å². The number of ether oxygens (including phenoxy) is 1. The number of hydrogen-bond donors (Lipinski definition) is 1. The quantitative estimate of drug-likeness (QED) is 0.874. The normalized spacial score (nSPS) is 10.5. The lowest BCUT2D eigenvalue weighted by Gasteiger charge is -2.00.